The fourth-order valence-corrected chi connectivity index (χ4v) is 1.94. The number of guanidine groups is 1. The van der Waals surface area contributed by atoms with E-state index in [1.807, 2.05) is 12.1 Å². The van der Waals surface area contributed by atoms with E-state index in [1.165, 1.54) is 5.56 Å². The average molecular weight is 405 g/mol. The summed E-state index contributed by atoms with van der Waals surface area (Å²) in [7, 11) is 0. The third kappa shape index (κ3) is 8.93. The first-order chi connectivity index (χ1) is 9.63. The molecule has 0 aliphatic heterocycles. The predicted octanol–water partition coefficient (Wildman–Crippen LogP) is 3.71. The van der Waals surface area contributed by atoms with Crippen molar-refractivity contribution in [2.24, 2.45) is 10.7 Å². The van der Waals surface area contributed by atoms with Gasteiger partial charge in [0.15, 0.2) is 5.96 Å². The summed E-state index contributed by atoms with van der Waals surface area (Å²) < 4.78 is 0. The first-order valence-electron chi connectivity index (χ1n) is 7.41. The molecule has 1 rings (SSSR count). The molecule has 0 saturated heterocycles. The van der Waals surface area contributed by atoms with Crippen LogP contribution in [0.25, 0.3) is 0 Å². The minimum absolute atomic E-state index is 0. The lowest BCUT2D eigenvalue weighted by Crippen LogP contribution is -2.22. The Morgan fingerprint density at radius 3 is 2.62 bits per heavy atom. The van der Waals surface area contributed by atoms with E-state index in [4.69, 9.17) is 10.8 Å². The molecule has 0 spiro atoms. The van der Waals surface area contributed by atoms with E-state index >= 15 is 0 Å². The Bertz CT molecular complexity index is 422. The van der Waals surface area contributed by atoms with Gasteiger partial charge in [0.2, 0.25) is 0 Å². The molecule has 0 aliphatic rings. The van der Waals surface area contributed by atoms with Gasteiger partial charge in [-0.3, -0.25) is 4.99 Å². The first kappa shape index (κ1) is 20.2. The summed E-state index contributed by atoms with van der Waals surface area (Å²) in [5.74, 6) is 0.967. The number of aliphatic hydroxyl groups is 1. The Balaban J connectivity index is 0.00000400. The van der Waals surface area contributed by atoms with Crippen molar-refractivity contribution in [2.45, 2.75) is 45.4 Å². The van der Waals surface area contributed by atoms with Crippen molar-refractivity contribution in [1.82, 2.24) is 0 Å². The Kier molecular flexibility index (Phi) is 11.3. The number of nitrogens with zero attached hydrogens (tertiary/aromatic N) is 1. The molecule has 0 aliphatic carbocycles. The van der Waals surface area contributed by atoms with Crippen molar-refractivity contribution in [2.75, 3.05) is 18.5 Å². The van der Waals surface area contributed by atoms with Gasteiger partial charge in [-0.2, -0.15) is 0 Å². The van der Waals surface area contributed by atoms with E-state index in [-0.39, 0.29) is 30.6 Å². The highest BCUT2D eigenvalue weighted by atomic mass is 127. The highest BCUT2D eigenvalue weighted by Gasteiger charge is 2.01. The smallest absolute Gasteiger partial charge is 0.193 e. The van der Waals surface area contributed by atoms with Gasteiger partial charge in [-0.1, -0.05) is 38.8 Å². The number of hydrogen-bond acceptors (Lipinski definition) is 2. The lowest BCUT2D eigenvalue weighted by Gasteiger charge is -2.10. The molecule has 1 aromatic rings. The Hall–Kier alpha value is -0.820. The molecule has 0 radical (unpaired) electrons. The lowest BCUT2D eigenvalue weighted by atomic mass is 10.0. The number of halogens is 1. The molecule has 0 heterocycles. The zero-order chi connectivity index (χ0) is 14.8. The maximum atomic E-state index is 8.68. The quantitative estimate of drug-likeness (QED) is 0.267. The average Bonchev–Trinajstić information content (AvgIpc) is 2.43. The number of unbranched alkanes of at least 4 members (excludes halogenated alkanes) is 3. The minimum Gasteiger partial charge on any atom is -0.396 e. The van der Waals surface area contributed by atoms with Gasteiger partial charge >= 0.3 is 0 Å². The van der Waals surface area contributed by atoms with Crippen LogP contribution >= 0.6 is 24.0 Å². The normalized spacial score (nSPS) is 11.3. The van der Waals surface area contributed by atoms with Gasteiger partial charge in [0, 0.05) is 18.8 Å². The van der Waals surface area contributed by atoms with E-state index in [1.54, 1.807) is 0 Å². The number of nitrogens with two attached hydrogens (primary N) is 1. The number of hydrogen-bond donors (Lipinski definition) is 3. The van der Waals surface area contributed by atoms with Crippen LogP contribution in [-0.4, -0.2) is 24.2 Å². The van der Waals surface area contributed by atoms with Crippen LogP contribution in [0.15, 0.2) is 29.3 Å². The fraction of sp³-hybridized carbons (Fsp3) is 0.562. The summed E-state index contributed by atoms with van der Waals surface area (Å²) >= 11 is 0. The zero-order valence-electron chi connectivity index (χ0n) is 13.0. The largest absolute Gasteiger partial charge is 0.396 e. The van der Waals surface area contributed by atoms with Crippen molar-refractivity contribution in [1.29, 1.82) is 0 Å². The number of rotatable bonds is 8. The van der Waals surface area contributed by atoms with Gasteiger partial charge in [-0.25, -0.2) is 0 Å². The van der Waals surface area contributed by atoms with Crippen LogP contribution in [-0.2, 0) is 0 Å². The van der Waals surface area contributed by atoms with Gasteiger partial charge in [-0.05, 0) is 36.5 Å². The molecule has 120 valence electrons. The van der Waals surface area contributed by atoms with Crippen molar-refractivity contribution in [3.05, 3.63) is 29.8 Å². The molecule has 0 fully saturated rings. The topological polar surface area (TPSA) is 70.6 Å². The second-order valence-electron chi connectivity index (χ2n) is 5.31. The second kappa shape index (κ2) is 11.8. The maximum Gasteiger partial charge on any atom is 0.193 e. The van der Waals surface area contributed by atoms with Crippen LogP contribution in [0, 0.1) is 0 Å². The van der Waals surface area contributed by atoms with Crippen LogP contribution in [0.4, 0.5) is 5.69 Å². The second-order valence-corrected chi connectivity index (χ2v) is 5.31. The van der Waals surface area contributed by atoms with Crippen LogP contribution < -0.4 is 11.1 Å². The van der Waals surface area contributed by atoms with Gasteiger partial charge in [0.05, 0.1) is 0 Å². The van der Waals surface area contributed by atoms with Crippen molar-refractivity contribution in [3.63, 3.8) is 0 Å². The molecule has 0 unspecified atom stereocenters. The lowest BCUT2D eigenvalue weighted by molar-refractivity contribution is 0.282. The Labute approximate surface area is 145 Å². The molecule has 4 nitrogen and oxygen atoms in total. The highest BCUT2D eigenvalue weighted by molar-refractivity contribution is 14.0. The predicted molar refractivity (Wildman–Crippen MR) is 102 cm³/mol. The number of aliphatic hydroxyl groups excluding tert-OH is 1. The molecule has 0 aromatic heterocycles. The van der Waals surface area contributed by atoms with Crippen LogP contribution in [0.1, 0.15) is 51.0 Å². The molecule has 1 aromatic carbocycles. The maximum absolute atomic E-state index is 8.68. The molecule has 21 heavy (non-hydrogen) atoms. The number of aliphatic imine (C=N–C) groups is 1. The molecular weight excluding hydrogens is 377 g/mol. The molecule has 0 bridgehead atoms. The van der Waals surface area contributed by atoms with Crippen LogP contribution in [0.3, 0.4) is 0 Å². The van der Waals surface area contributed by atoms with E-state index in [0.29, 0.717) is 11.9 Å². The van der Waals surface area contributed by atoms with Crippen LogP contribution in [0.2, 0.25) is 0 Å². The summed E-state index contributed by atoms with van der Waals surface area (Å²) in [6.07, 6.45) is 4.02. The van der Waals surface area contributed by atoms with Crippen LogP contribution in [0.5, 0.6) is 0 Å². The molecular formula is C16H28IN3O. The standard InChI is InChI=1S/C16H27N3O.HI/c1-13(2)14-8-7-9-15(12-14)19-16(17)18-10-5-3-4-6-11-20;/h7-9,12-13,20H,3-6,10-11H2,1-2H3,(H3,17,18,19);1H. The SMILES string of the molecule is CC(C)c1cccc(NC(N)=NCCCCCCO)c1.I. The molecule has 5 heteroatoms. The summed E-state index contributed by atoms with van der Waals surface area (Å²) in [5, 5.41) is 11.8. The molecule has 0 amide bonds. The minimum atomic E-state index is 0. The highest BCUT2D eigenvalue weighted by Crippen LogP contribution is 2.18. The van der Waals surface area contributed by atoms with E-state index in [2.05, 4.69) is 36.3 Å². The third-order valence-electron chi connectivity index (χ3n) is 3.17. The monoisotopic (exact) mass is 405 g/mol. The zero-order valence-corrected chi connectivity index (χ0v) is 15.3. The third-order valence-corrected chi connectivity index (χ3v) is 3.17. The molecule has 0 saturated carbocycles. The number of benzene rings is 1. The van der Waals surface area contributed by atoms with Gasteiger partial charge in [0.1, 0.15) is 0 Å². The van der Waals surface area contributed by atoms with E-state index in [0.717, 1.165) is 37.9 Å². The summed E-state index contributed by atoms with van der Waals surface area (Å²) in [6, 6.07) is 8.24. The van der Waals surface area contributed by atoms with Gasteiger partial charge < -0.3 is 16.2 Å². The number of anilines is 1. The van der Waals surface area contributed by atoms with Crippen molar-refractivity contribution >= 4 is 35.6 Å². The molecule has 4 N–H and O–H groups in total. The molecule has 0 atom stereocenters. The van der Waals surface area contributed by atoms with Crippen molar-refractivity contribution in [3.8, 4) is 0 Å². The summed E-state index contributed by atoms with van der Waals surface area (Å²) in [4.78, 5) is 4.31. The van der Waals surface area contributed by atoms with Gasteiger partial charge in [-0.15, -0.1) is 24.0 Å². The first-order valence-corrected chi connectivity index (χ1v) is 7.41. The van der Waals surface area contributed by atoms with Crippen molar-refractivity contribution < 1.29 is 5.11 Å². The summed E-state index contributed by atoms with van der Waals surface area (Å²) in [6.45, 7) is 5.35. The summed E-state index contributed by atoms with van der Waals surface area (Å²) in [5.41, 5.74) is 8.14. The van der Waals surface area contributed by atoms with Gasteiger partial charge in [0.25, 0.3) is 0 Å². The Morgan fingerprint density at radius 1 is 1.24 bits per heavy atom. The number of nitrogens with one attached hydrogen (secondary N) is 1. The fourth-order valence-electron chi connectivity index (χ4n) is 1.94. The van der Waals surface area contributed by atoms with E-state index in [9.17, 15) is 0 Å². The van der Waals surface area contributed by atoms with E-state index < -0.39 is 0 Å². The Morgan fingerprint density at radius 2 is 1.95 bits per heavy atom.